The molecule has 1 aliphatic heterocycles. The van der Waals surface area contributed by atoms with Gasteiger partial charge in [-0.15, -0.1) is 0 Å². The lowest BCUT2D eigenvalue weighted by Crippen LogP contribution is -2.43. The van der Waals surface area contributed by atoms with Gasteiger partial charge in [0.25, 0.3) is 0 Å². The van der Waals surface area contributed by atoms with Crippen molar-refractivity contribution in [3.05, 3.63) is 0 Å². The first-order valence-electron chi connectivity index (χ1n) is 5.57. The number of hydrogen-bond acceptors (Lipinski definition) is 3. The van der Waals surface area contributed by atoms with E-state index in [1.165, 1.54) is 0 Å². The quantitative estimate of drug-likeness (QED) is 0.726. The van der Waals surface area contributed by atoms with Crippen LogP contribution in [0.4, 0.5) is 0 Å². The van der Waals surface area contributed by atoms with Crippen LogP contribution < -0.4 is 0 Å². The van der Waals surface area contributed by atoms with E-state index in [0.717, 1.165) is 6.04 Å². The summed E-state index contributed by atoms with van der Waals surface area (Å²) < 4.78 is 18.2. The summed E-state index contributed by atoms with van der Waals surface area (Å²) in [5.74, 6) is 0. The summed E-state index contributed by atoms with van der Waals surface area (Å²) in [5, 5.41) is -0.119. The van der Waals surface area contributed by atoms with Crippen LogP contribution in [0.25, 0.3) is 0 Å². The van der Waals surface area contributed by atoms with Crippen molar-refractivity contribution in [2.45, 2.75) is 37.8 Å². The van der Waals surface area contributed by atoms with E-state index < -0.39 is 27.2 Å². The minimum absolute atomic E-state index is 0.119. The Hall–Kier alpha value is 0.664. The second-order valence-corrected chi connectivity index (χ2v) is 18.3. The molecule has 2 unspecified atom stereocenters. The van der Waals surface area contributed by atoms with Crippen molar-refractivity contribution < 1.29 is 12.7 Å². The van der Waals surface area contributed by atoms with Crippen LogP contribution in [-0.4, -0.2) is 48.0 Å². The zero-order chi connectivity index (χ0) is 12.8. The Bertz CT molecular complexity index is 274. The van der Waals surface area contributed by atoms with E-state index in [4.69, 9.17) is 12.7 Å². The summed E-state index contributed by atoms with van der Waals surface area (Å²) in [6.07, 6.45) is 6.48. The molecule has 0 aromatic carbocycles. The molecular weight excluding hydrogens is 256 g/mol. The molecule has 16 heavy (non-hydrogen) atoms. The molecule has 3 nitrogen and oxygen atoms in total. The Morgan fingerprint density at radius 1 is 1.19 bits per heavy atom. The van der Waals surface area contributed by atoms with Crippen molar-refractivity contribution >= 4 is 27.2 Å². The van der Waals surface area contributed by atoms with E-state index in [0.29, 0.717) is 0 Å². The van der Waals surface area contributed by atoms with Crippen LogP contribution in [0, 0.1) is 0 Å². The molecule has 0 saturated carbocycles. The predicted octanol–water partition coefficient (Wildman–Crippen LogP) is 2.86. The van der Waals surface area contributed by atoms with E-state index in [2.05, 4.69) is 45.3 Å². The third-order valence-corrected chi connectivity index (χ3v) is 10.1. The molecule has 1 heterocycles. The first-order chi connectivity index (χ1) is 6.93. The average molecular weight is 283 g/mol. The van der Waals surface area contributed by atoms with Crippen LogP contribution in [0.3, 0.4) is 0 Å². The largest absolute Gasteiger partial charge is 0.410 e. The molecule has 0 radical (unpaired) electrons. The fraction of sp³-hybridized carbons (Fsp3) is 1.00. The molecule has 0 aromatic heterocycles. The van der Waals surface area contributed by atoms with Gasteiger partial charge in [-0.05, 0) is 45.3 Å². The van der Waals surface area contributed by atoms with Crippen LogP contribution in [0.1, 0.15) is 6.92 Å². The lowest BCUT2D eigenvalue weighted by Gasteiger charge is -2.34. The van der Waals surface area contributed by atoms with Gasteiger partial charge < -0.3 is 12.7 Å². The molecule has 1 fully saturated rings. The van der Waals surface area contributed by atoms with Crippen molar-refractivity contribution in [2.75, 3.05) is 25.9 Å². The van der Waals surface area contributed by atoms with E-state index in [1.54, 1.807) is 7.11 Å². The molecule has 0 aromatic rings. The average Bonchev–Trinajstić information content (AvgIpc) is 2.47. The molecule has 0 aliphatic carbocycles. The Labute approximate surface area is 104 Å². The minimum atomic E-state index is -2.08. The minimum Gasteiger partial charge on any atom is -0.410 e. The summed E-state index contributed by atoms with van der Waals surface area (Å²) in [7, 11) is -2.82. The molecule has 6 heteroatoms. The topological polar surface area (TPSA) is 27.7 Å². The van der Waals surface area contributed by atoms with Crippen LogP contribution >= 0.6 is 10.3 Å². The maximum Gasteiger partial charge on any atom is 0.381 e. The molecule has 98 valence electrons. The van der Waals surface area contributed by atoms with Gasteiger partial charge in [-0.1, -0.05) is 0 Å². The first kappa shape index (κ1) is 14.7. The van der Waals surface area contributed by atoms with Crippen molar-refractivity contribution in [1.82, 2.24) is 0 Å². The third-order valence-electron chi connectivity index (χ3n) is 2.50. The Morgan fingerprint density at radius 2 is 1.69 bits per heavy atom. The highest BCUT2D eigenvalue weighted by Crippen LogP contribution is 2.58. The maximum atomic E-state index is 6.25. The molecule has 1 rings (SSSR count). The van der Waals surface area contributed by atoms with Crippen molar-refractivity contribution in [3.8, 4) is 0 Å². The number of hydrogen-bond donors (Lipinski definition) is 0. The van der Waals surface area contributed by atoms with Gasteiger partial charge in [0.15, 0.2) is 8.32 Å². The standard InChI is InChI=1S/C10H26O3SSi2/c1-10(12-15(6,7)8)9-16(10,11-2)13-14(3,4)5/h9H2,1-8H3. The number of rotatable bonds is 5. The zero-order valence-corrected chi connectivity index (χ0v) is 14.7. The van der Waals surface area contributed by atoms with Gasteiger partial charge in [0.1, 0.15) is 0 Å². The van der Waals surface area contributed by atoms with E-state index in [9.17, 15) is 0 Å². The van der Waals surface area contributed by atoms with Crippen molar-refractivity contribution in [2.24, 2.45) is 0 Å². The van der Waals surface area contributed by atoms with Gasteiger partial charge in [0, 0.05) is 13.2 Å². The predicted molar refractivity (Wildman–Crippen MR) is 76.9 cm³/mol. The summed E-state index contributed by atoms with van der Waals surface area (Å²) in [6.45, 7) is 8.81. The molecule has 1 saturated heterocycles. The van der Waals surface area contributed by atoms with Gasteiger partial charge >= 0.3 is 8.56 Å². The fourth-order valence-electron chi connectivity index (χ4n) is 2.03. The highest BCUT2D eigenvalue weighted by molar-refractivity contribution is 8.28. The molecule has 0 amide bonds. The van der Waals surface area contributed by atoms with Crippen LogP contribution in [0.15, 0.2) is 0 Å². The lowest BCUT2D eigenvalue weighted by molar-refractivity contribution is 0.193. The Morgan fingerprint density at radius 3 is 2.00 bits per heavy atom. The highest BCUT2D eigenvalue weighted by atomic mass is 32.3. The third kappa shape index (κ3) is 3.33. The molecule has 1 aliphatic rings. The molecule has 0 bridgehead atoms. The van der Waals surface area contributed by atoms with Gasteiger partial charge in [0.2, 0.25) is 0 Å². The van der Waals surface area contributed by atoms with Crippen LogP contribution in [-0.2, 0) is 12.7 Å². The Balaban J connectivity index is 2.74. The molecular formula is C10H26O3SSi2. The van der Waals surface area contributed by atoms with Gasteiger partial charge in [-0.25, -0.2) is 0 Å². The smallest absolute Gasteiger partial charge is 0.381 e. The summed E-state index contributed by atoms with van der Waals surface area (Å²) >= 11 is 0. The van der Waals surface area contributed by atoms with Crippen molar-refractivity contribution in [1.29, 1.82) is 0 Å². The second kappa shape index (κ2) is 4.10. The normalized spacial score (nSPS) is 36.2. The fourth-order valence-corrected chi connectivity index (χ4v) is 11.5. The zero-order valence-electron chi connectivity index (χ0n) is 11.8. The molecule has 2 atom stereocenters. The van der Waals surface area contributed by atoms with E-state index in [1.807, 2.05) is 0 Å². The summed E-state index contributed by atoms with van der Waals surface area (Å²) in [4.78, 5) is 0. The summed E-state index contributed by atoms with van der Waals surface area (Å²) in [6, 6.07) is 0.977. The van der Waals surface area contributed by atoms with Crippen LogP contribution in [0.5, 0.6) is 0 Å². The monoisotopic (exact) mass is 282 g/mol. The van der Waals surface area contributed by atoms with Gasteiger partial charge in [0.05, 0.1) is 5.22 Å². The maximum absolute atomic E-state index is 6.25. The lowest BCUT2D eigenvalue weighted by atomic mass is 10.5. The highest BCUT2D eigenvalue weighted by Gasteiger charge is 2.75. The van der Waals surface area contributed by atoms with Crippen LogP contribution in [0.2, 0.25) is 25.7 Å². The van der Waals surface area contributed by atoms with Gasteiger partial charge in [-0.3, -0.25) is 0 Å². The second-order valence-electron chi connectivity index (χ2n) is 6.39. The summed E-state index contributed by atoms with van der Waals surface area (Å²) in [5.41, 5.74) is 0. The van der Waals surface area contributed by atoms with E-state index in [-0.39, 0.29) is 5.22 Å². The van der Waals surface area contributed by atoms with Gasteiger partial charge in [-0.2, -0.15) is 10.3 Å². The molecule has 0 N–H and O–H groups in total. The SMILES string of the molecule is CO[Si]1(OS(C)(C)C)CC1(C)O[Si](C)(C)C. The van der Waals surface area contributed by atoms with Crippen molar-refractivity contribution in [3.63, 3.8) is 0 Å². The Kier molecular flexibility index (Phi) is 3.77. The molecule has 0 spiro atoms. The van der Waals surface area contributed by atoms with E-state index >= 15 is 0 Å². The first-order valence-corrected chi connectivity index (χ1v) is 13.8.